The summed E-state index contributed by atoms with van der Waals surface area (Å²) >= 11 is 0. The molecule has 0 aliphatic rings. The number of amides is 2. The maximum Gasteiger partial charge on any atom is 0.259 e. The molecule has 3 aromatic rings. The second-order valence-electron chi connectivity index (χ2n) is 7.18. The number of nitrogens with one attached hydrogen (secondary N) is 2. The summed E-state index contributed by atoms with van der Waals surface area (Å²) in [5, 5.41) is 5.83. The molecule has 0 saturated carbocycles. The Bertz CT molecular complexity index is 1040. The topological polar surface area (TPSA) is 76.7 Å². The molecule has 1 atom stereocenters. The van der Waals surface area contributed by atoms with Crippen molar-refractivity contribution in [3.63, 3.8) is 0 Å². The lowest BCUT2D eigenvalue weighted by Crippen LogP contribution is -2.26. The van der Waals surface area contributed by atoms with Crippen LogP contribution in [0.3, 0.4) is 0 Å². The summed E-state index contributed by atoms with van der Waals surface area (Å²) in [6, 6.07) is 23.5. The maximum absolute atomic E-state index is 12.8. The second kappa shape index (κ2) is 11.7. The van der Waals surface area contributed by atoms with Crippen molar-refractivity contribution in [1.82, 2.24) is 5.32 Å². The molecule has 0 heterocycles. The van der Waals surface area contributed by atoms with Gasteiger partial charge in [0.05, 0.1) is 18.2 Å². The normalized spacial score (nSPS) is 11.4. The first-order valence-electron chi connectivity index (χ1n) is 10.6. The van der Waals surface area contributed by atoms with E-state index in [-0.39, 0.29) is 17.9 Å². The average Bonchev–Trinajstić information content (AvgIpc) is 2.82. The molecule has 0 spiro atoms. The van der Waals surface area contributed by atoms with Gasteiger partial charge in [0.2, 0.25) is 0 Å². The van der Waals surface area contributed by atoms with E-state index >= 15 is 0 Å². The van der Waals surface area contributed by atoms with Gasteiger partial charge in [0.1, 0.15) is 12.4 Å². The first kappa shape index (κ1) is 23.0. The van der Waals surface area contributed by atoms with E-state index in [1.54, 1.807) is 42.5 Å². The molecule has 6 nitrogen and oxygen atoms in total. The van der Waals surface area contributed by atoms with Gasteiger partial charge in [0.15, 0.2) is 0 Å². The van der Waals surface area contributed by atoms with E-state index in [4.69, 9.17) is 9.47 Å². The summed E-state index contributed by atoms with van der Waals surface area (Å²) in [5.74, 6) is -0.0420. The van der Waals surface area contributed by atoms with Crippen molar-refractivity contribution in [1.29, 1.82) is 0 Å². The number of anilines is 1. The summed E-state index contributed by atoms with van der Waals surface area (Å²) in [6.07, 6.45) is 0. The summed E-state index contributed by atoms with van der Waals surface area (Å²) in [7, 11) is 0. The van der Waals surface area contributed by atoms with Crippen LogP contribution in [0.2, 0.25) is 0 Å². The van der Waals surface area contributed by atoms with Gasteiger partial charge in [-0.25, -0.2) is 0 Å². The Hall–Kier alpha value is -3.64. The number of carbonyl (C=O) groups is 2. The molecule has 0 aromatic heterocycles. The predicted octanol–water partition coefficient (Wildman–Crippen LogP) is 4.85. The van der Waals surface area contributed by atoms with Crippen LogP contribution in [-0.4, -0.2) is 31.6 Å². The van der Waals surface area contributed by atoms with Crippen LogP contribution in [0.1, 0.15) is 46.2 Å². The molecule has 0 bridgehead atoms. The highest BCUT2D eigenvalue weighted by atomic mass is 16.5. The summed E-state index contributed by atoms with van der Waals surface area (Å²) in [5.41, 5.74) is 2.42. The minimum atomic E-state index is -0.313. The number of ether oxygens (including phenoxy) is 2. The van der Waals surface area contributed by atoms with Crippen LogP contribution >= 0.6 is 0 Å². The molecule has 0 radical (unpaired) electrons. The van der Waals surface area contributed by atoms with Crippen molar-refractivity contribution in [3.8, 4) is 5.75 Å². The highest BCUT2D eigenvalue weighted by Gasteiger charge is 2.15. The zero-order chi connectivity index (χ0) is 22.8. The first-order valence-corrected chi connectivity index (χ1v) is 10.6. The van der Waals surface area contributed by atoms with E-state index in [1.807, 2.05) is 50.2 Å². The highest BCUT2D eigenvalue weighted by molar-refractivity contribution is 6.06. The summed E-state index contributed by atoms with van der Waals surface area (Å²) in [4.78, 5) is 25.6. The average molecular weight is 433 g/mol. The van der Waals surface area contributed by atoms with Crippen LogP contribution < -0.4 is 15.4 Å². The van der Waals surface area contributed by atoms with E-state index in [0.29, 0.717) is 42.4 Å². The van der Waals surface area contributed by atoms with Crippen LogP contribution in [0, 0.1) is 0 Å². The molecule has 1 unspecified atom stereocenters. The zero-order valence-corrected chi connectivity index (χ0v) is 18.3. The third-order valence-electron chi connectivity index (χ3n) is 4.85. The Morgan fingerprint density at radius 3 is 2.41 bits per heavy atom. The van der Waals surface area contributed by atoms with Crippen LogP contribution in [0.25, 0.3) is 0 Å². The number of hydrogen-bond acceptors (Lipinski definition) is 4. The molecule has 0 saturated heterocycles. The zero-order valence-electron chi connectivity index (χ0n) is 18.3. The van der Waals surface area contributed by atoms with Gasteiger partial charge in [-0.2, -0.15) is 0 Å². The van der Waals surface area contributed by atoms with E-state index < -0.39 is 0 Å². The molecule has 2 N–H and O–H groups in total. The van der Waals surface area contributed by atoms with Crippen molar-refractivity contribution >= 4 is 17.5 Å². The molecular weight excluding hydrogens is 404 g/mol. The SMILES string of the molecule is CCOCCOc1ccccc1C(=O)Nc1cccc(C(=O)NC(C)c2ccccc2)c1. The van der Waals surface area contributed by atoms with E-state index in [2.05, 4.69) is 10.6 Å². The van der Waals surface area contributed by atoms with Gasteiger partial charge in [-0.3, -0.25) is 9.59 Å². The van der Waals surface area contributed by atoms with Gasteiger partial charge < -0.3 is 20.1 Å². The van der Waals surface area contributed by atoms with Crippen LogP contribution in [0.15, 0.2) is 78.9 Å². The first-order chi connectivity index (χ1) is 15.6. The van der Waals surface area contributed by atoms with Crippen LogP contribution in [-0.2, 0) is 4.74 Å². The van der Waals surface area contributed by atoms with Gasteiger partial charge in [-0.1, -0.05) is 48.5 Å². The van der Waals surface area contributed by atoms with E-state index in [1.165, 1.54) is 0 Å². The smallest absolute Gasteiger partial charge is 0.259 e. The predicted molar refractivity (Wildman–Crippen MR) is 125 cm³/mol. The molecule has 3 aromatic carbocycles. The number of para-hydroxylation sites is 1. The van der Waals surface area contributed by atoms with Gasteiger partial charge >= 0.3 is 0 Å². The van der Waals surface area contributed by atoms with Gasteiger partial charge in [-0.15, -0.1) is 0 Å². The van der Waals surface area contributed by atoms with Crippen molar-refractivity contribution in [2.45, 2.75) is 19.9 Å². The van der Waals surface area contributed by atoms with Crippen molar-refractivity contribution in [2.24, 2.45) is 0 Å². The lowest BCUT2D eigenvalue weighted by Gasteiger charge is -2.15. The number of hydrogen-bond donors (Lipinski definition) is 2. The molecular formula is C26H28N2O4. The van der Waals surface area contributed by atoms with Crippen LogP contribution in [0.5, 0.6) is 5.75 Å². The fraction of sp³-hybridized carbons (Fsp3) is 0.231. The molecule has 166 valence electrons. The van der Waals surface area contributed by atoms with Gasteiger partial charge in [0.25, 0.3) is 11.8 Å². The molecule has 0 aliphatic carbocycles. The molecule has 3 rings (SSSR count). The standard InChI is InChI=1S/C26H28N2O4/c1-3-31-16-17-32-24-15-8-7-14-23(24)26(30)28-22-13-9-12-21(18-22)25(29)27-19(2)20-10-5-4-6-11-20/h4-15,18-19H,3,16-17H2,1-2H3,(H,27,29)(H,28,30). The fourth-order valence-electron chi connectivity index (χ4n) is 3.18. The third-order valence-corrected chi connectivity index (χ3v) is 4.85. The molecule has 32 heavy (non-hydrogen) atoms. The Kier molecular flexibility index (Phi) is 8.40. The minimum absolute atomic E-state index is 0.136. The monoisotopic (exact) mass is 432 g/mol. The summed E-state index contributed by atoms with van der Waals surface area (Å²) < 4.78 is 11.0. The molecule has 0 aliphatic heterocycles. The highest BCUT2D eigenvalue weighted by Crippen LogP contribution is 2.21. The van der Waals surface area contributed by atoms with Gasteiger partial charge in [0, 0.05) is 17.9 Å². The van der Waals surface area contributed by atoms with Gasteiger partial charge in [-0.05, 0) is 49.7 Å². The molecule has 2 amide bonds. The van der Waals surface area contributed by atoms with E-state index in [9.17, 15) is 9.59 Å². The quantitative estimate of drug-likeness (QED) is 0.449. The molecule has 0 fully saturated rings. The Morgan fingerprint density at radius 1 is 0.875 bits per heavy atom. The Balaban J connectivity index is 1.66. The second-order valence-corrected chi connectivity index (χ2v) is 7.18. The van der Waals surface area contributed by atoms with Crippen LogP contribution in [0.4, 0.5) is 5.69 Å². The molecule has 6 heteroatoms. The van der Waals surface area contributed by atoms with Crippen molar-refractivity contribution < 1.29 is 19.1 Å². The largest absolute Gasteiger partial charge is 0.490 e. The summed E-state index contributed by atoms with van der Waals surface area (Å²) in [6.45, 7) is 5.26. The fourth-order valence-corrected chi connectivity index (χ4v) is 3.18. The number of rotatable bonds is 10. The lowest BCUT2D eigenvalue weighted by molar-refractivity contribution is 0.0938. The maximum atomic E-state index is 12.8. The Labute approximate surface area is 188 Å². The number of benzene rings is 3. The minimum Gasteiger partial charge on any atom is -0.490 e. The third kappa shape index (κ3) is 6.43. The Morgan fingerprint density at radius 2 is 1.62 bits per heavy atom. The van der Waals surface area contributed by atoms with E-state index in [0.717, 1.165) is 5.56 Å². The number of carbonyl (C=O) groups excluding carboxylic acids is 2. The van der Waals surface area contributed by atoms with Crippen molar-refractivity contribution in [2.75, 3.05) is 25.1 Å². The lowest BCUT2D eigenvalue weighted by atomic mass is 10.1. The van der Waals surface area contributed by atoms with Crippen molar-refractivity contribution in [3.05, 3.63) is 95.6 Å².